The quantitative estimate of drug-likeness (QED) is 0.564. The van der Waals surface area contributed by atoms with Crippen molar-refractivity contribution in [2.24, 2.45) is 0 Å². The van der Waals surface area contributed by atoms with Crippen molar-refractivity contribution < 1.29 is 19.4 Å². The first kappa shape index (κ1) is 14.7. The zero-order valence-electron chi connectivity index (χ0n) is 10.7. The molecule has 1 N–H and O–H groups in total. The second-order valence-electron chi connectivity index (χ2n) is 3.34. The van der Waals surface area contributed by atoms with Gasteiger partial charge in [-0.1, -0.05) is 11.8 Å². The van der Waals surface area contributed by atoms with E-state index in [-0.39, 0.29) is 25.6 Å². The molecule has 0 aliphatic heterocycles. The molecule has 0 radical (unpaired) electrons. The van der Waals surface area contributed by atoms with Gasteiger partial charge in [0.25, 0.3) is 0 Å². The fourth-order valence-electron chi connectivity index (χ4n) is 1.31. The number of esters is 1. The van der Waals surface area contributed by atoms with Gasteiger partial charge in [0.1, 0.15) is 18.7 Å². The summed E-state index contributed by atoms with van der Waals surface area (Å²) in [5.41, 5.74) is -0.333. The van der Waals surface area contributed by atoms with E-state index in [1.807, 2.05) is 0 Å². The molecule has 1 aromatic rings. The number of aliphatic hydroxyl groups excluding tert-OH is 1. The lowest BCUT2D eigenvalue weighted by Gasteiger charge is -2.07. The van der Waals surface area contributed by atoms with Crippen LogP contribution >= 0.6 is 0 Å². The average molecular weight is 266 g/mol. The monoisotopic (exact) mass is 266 g/mol. The Labute approximate surface area is 109 Å². The summed E-state index contributed by atoms with van der Waals surface area (Å²) >= 11 is 0. The fraction of sp³-hybridized carbons (Fsp3) is 0.417. The number of nitrogens with zero attached hydrogens (tertiary/aromatic N) is 2. The Bertz CT molecular complexity index is 568. The number of aromatic nitrogens is 2. The van der Waals surface area contributed by atoms with Gasteiger partial charge in [-0.15, -0.1) is 0 Å². The highest BCUT2D eigenvalue weighted by atomic mass is 16.5. The summed E-state index contributed by atoms with van der Waals surface area (Å²) in [7, 11) is 1.35. The van der Waals surface area contributed by atoms with Crippen LogP contribution in [0.5, 0.6) is 5.88 Å². The van der Waals surface area contributed by atoms with Crippen molar-refractivity contribution in [1.29, 1.82) is 0 Å². The first-order chi connectivity index (χ1) is 9.12. The van der Waals surface area contributed by atoms with Crippen LogP contribution in [0.3, 0.4) is 0 Å². The Morgan fingerprint density at radius 2 is 2.32 bits per heavy atom. The third kappa shape index (κ3) is 4.12. The molecule has 1 heterocycles. The standard InChI is InChI=1S/C12H14N2O5/c1-3-19-10(16)8-14-7-9(5-4-6-15)11(18-2)13-12(14)17/h7,15H,3,6,8H2,1-2H3. The van der Waals surface area contributed by atoms with E-state index in [9.17, 15) is 9.59 Å². The van der Waals surface area contributed by atoms with Gasteiger partial charge in [-0.25, -0.2) is 4.79 Å². The summed E-state index contributed by atoms with van der Waals surface area (Å²) in [6, 6.07) is 0. The van der Waals surface area contributed by atoms with E-state index in [2.05, 4.69) is 16.8 Å². The van der Waals surface area contributed by atoms with Gasteiger partial charge in [0.05, 0.1) is 13.7 Å². The number of rotatable bonds is 4. The summed E-state index contributed by atoms with van der Waals surface area (Å²) in [6.45, 7) is 1.32. The Morgan fingerprint density at radius 1 is 1.58 bits per heavy atom. The minimum Gasteiger partial charge on any atom is -0.480 e. The lowest BCUT2D eigenvalue weighted by Crippen LogP contribution is -2.27. The molecule has 19 heavy (non-hydrogen) atoms. The van der Waals surface area contributed by atoms with Crippen LogP contribution in [0.1, 0.15) is 12.5 Å². The van der Waals surface area contributed by atoms with Gasteiger partial charge in [0.2, 0.25) is 5.88 Å². The molecule has 0 aliphatic carbocycles. The highest BCUT2D eigenvalue weighted by Crippen LogP contribution is 2.09. The first-order valence-electron chi connectivity index (χ1n) is 5.53. The zero-order valence-corrected chi connectivity index (χ0v) is 10.7. The topological polar surface area (TPSA) is 90.7 Å². The fourth-order valence-corrected chi connectivity index (χ4v) is 1.31. The molecular formula is C12H14N2O5. The Morgan fingerprint density at radius 3 is 2.89 bits per heavy atom. The highest BCUT2D eigenvalue weighted by molar-refractivity contribution is 5.69. The number of carbonyl (C=O) groups excluding carboxylic acids is 1. The highest BCUT2D eigenvalue weighted by Gasteiger charge is 2.10. The van der Waals surface area contributed by atoms with Crippen LogP contribution in [0.4, 0.5) is 0 Å². The molecule has 0 spiro atoms. The number of aliphatic hydroxyl groups is 1. The summed E-state index contributed by atoms with van der Waals surface area (Å²) in [5, 5.41) is 8.65. The first-order valence-corrected chi connectivity index (χ1v) is 5.53. The zero-order chi connectivity index (χ0) is 14.3. The molecular weight excluding hydrogens is 252 g/mol. The van der Waals surface area contributed by atoms with Crippen LogP contribution in [0, 0.1) is 11.8 Å². The molecule has 0 unspecified atom stereocenters. The molecule has 7 heteroatoms. The van der Waals surface area contributed by atoms with Gasteiger partial charge in [-0.3, -0.25) is 9.36 Å². The molecule has 0 saturated heterocycles. The van der Waals surface area contributed by atoms with Crippen molar-refractivity contribution in [2.45, 2.75) is 13.5 Å². The largest absolute Gasteiger partial charge is 0.480 e. The van der Waals surface area contributed by atoms with Crippen LogP contribution in [-0.4, -0.2) is 41.0 Å². The third-order valence-electron chi connectivity index (χ3n) is 2.06. The summed E-state index contributed by atoms with van der Waals surface area (Å²) < 4.78 is 10.7. The lowest BCUT2D eigenvalue weighted by molar-refractivity contribution is -0.143. The second kappa shape index (κ2) is 7.18. The van der Waals surface area contributed by atoms with Gasteiger partial charge in [-0.2, -0.15) is 4.98 Å². The number of ether oxygens (including phenoxy) is 2. The minimum absolute atomic E-state index is 0.0473. The predicted octanol–water partition coefficient (Wildman–Crippen LogP) is -0.841. The maximum atomic E-state index is 11.6. The molecule has 1 rings (SSSR count). The van der Waals surface area contributed by atoms with Crippen molar-refractivity contribution in [3.05, 3.63) is 22.2 Å². The minimum atomic E-state index is -0.639. The van der Waals surface area contributed by atoms with Crippen molar-refractivity contribution >= 4 is 5.97 Å². The summed E-state index contributed by atoms with van der Waals surface area (Å²) in [4.78, 5) is 26.6. The Hall–Kier alpha value is -2.33. The summed E-state index contributed by atoms with van der Waals surface area (Å²) in [5.74, 6) is 4.51. The SMILES string of the molecule is CCOC(=O)Cn1cc(C#CCO)c(OC)nc1=O. The van der Waals surface area contributed by atoms with E-state index in [0.717, 1.165) is 4.57 Å². The molecule has 0 fully saturated rings. The van der Waals surface area contributed by atoms with Crippen LogP contribution in [0.15, 0.2) is 11.0 Å². The van der Waals surface area contributed by atoms with Crippen LogP contribution in [0.25, 0.3) is 0 Å². The normalized spacial score (nSPS) is 9.42. The molecule has 0 saturated carbocycles. The van der Waals surface area contributed by atoms with Gasteiger partial charge < -0.3 is 14.6 Å². The van der Waals surface area contributed by atoms with Gasteiger partial charge in [-0.05, 0) is 6.92 Å². The van der Waals surface area contributed by atoms with E-state index < -0.39 is 11.7 Å². The number of hydrogen-bond acceptors (Lipinski definition) is 6. The van der Waals surface area contributed by atoms with E-state index in [0.29, 0.717) is 5.56 Å². The van der Waals surface area contributed by atoms with Crippen molar-refractivity contribution in [1.82, 2.24) is 9.55 Å². The van der Waals surface area contributed by atoms with E-state index in [1.54, 1.807) is 6.92 Å². The van der Waals surface area contributed by atoms with Crippen molar-refractivity contribution in [3.63, 3.8) is 0 Å². The Balaban J connectivity index is 3.12. The molecule has 0 aliphatic rings. The van der Waals surface area contributed by atoms with Crippen LogP contribution < -0.4 is 10.4 Å². The van der Waals surface area contributed by atoms with Crippen LogP contribution in [0.2, 0.25) is 0 Å². The molecule has 7 nitrogen and oxygen atoms in total. The van der Waals surface area contributed by atoms with Crippen molar-refractivity contribution in [2.75, 3.05) is 20.3 Å². The van der Waals surface area contributed by atoms with E-state index in [4.69, 9.17) is 14.6 Å². The van der Waals surface area contributed by atoms with Gasteiger partial charge in [0.15, 0.2) is 0 Å². The molecule has 0 aromatic carbocycles. The number of methoxy groups -OCH3 is 1. The van der Waals surface area contributed by atoms with Gasteiger partial charge >= 0.3 is 11.7 Å². The number of carbonyl (C=O) groups is 1. The molecule has 0 atom stereocenters. The number of hydrogen-bond donors (Lipinski definition) is 1. The van der Waals surface area contributed by atoms with E-state index in [1.165, 1.54) is 13.3 Å². The maximum Gasteiger partial charge on any atom is 0.351 e. The molecule has 102 valence electrons. The maximum absolute atomic E-state index is 11.6. The second-order valence-corrected chi connectivity index (χ2v) is 3.34. The van der Waals surface area contributed by atoms with E-state index >= 15 is 0 Å². The smallest absolute Gasteiger partial charge is 0.351 e. The molecule has 0 bridgehead atoms. The Kier molecular flexibility index (Phi) is 5.57. The molecule has 1 aromatic heterocycles. The average Bonchev–Trinajstić information content (AvgIpc) is 2.39. The van der Waals surface area contributed by atoms with Gasteiger partial charge in [0, 0.05) is 6.20 Å². The predicted molar refractivity (Wildman–Crippen MR) is 65.6 cm³/mol. The lowest BCUT2D eigenvalue weighted by atomic mass is 10.3. The van der Waals surface area contributed by atoms with Crippen molar-refractivity contribution in [3.8, 4) is 17.7 Å². The van der Waals surface area contributed by atoms with Crippen LogP contribution in [-0.2, 0) is 16.1 Å². The molecule has 0 amide bonds. The summed E-state index contributed by atoms with van der Waals surface area (Å²) in [6.07, 6.45) is 1.34. The third-order valence-corrected chi connectivity index (χ3v) is 2.06.